The number of aryl methyl sites for hydroxylation is 1. The number of amides is 2. The lowest BCUT2D eigenvalue weighted by molar-refractivity contribution is 0.251. The fourth-order valence-electron chi connectivity index (χ4n) is 2.81. The second kappa shape index (κ2) is 7.45. The summed E-state index contributed by atoms with van der Waals surface area (Å²) in [6, 6.07) is 15.8. The third kappa shape index (κ3) is 4.32. The van der Waals surface area contributed by atoms with Crippen molar-refractivity contribution in [3.63, 3.8) is 0 Å². The summed E-state index contributed by atoms with van der Waals surface area (Å²) in [5.41, 5.74) is 4.20. The van der Waals surface area contributed by atoms with Gasteiger partial charge in [-0.3, -0.25) is 0 Å². The van der Waals surface area contributed by atoms with Crippen LogP contribution in [0, 0.1) is 6.92 Å². The molecular formula is C19H22FN3O. The van der Waals surface area contributed by atoms with Crippen LogP contribution in [0.25, 0.3) is 11.1 Å². The van der Waals surface area contributed by atoms with Gasteiger partial charge in [0.1, 0.15) is 6.17 Å². The van der Waals surface area contributed by atoms with Gasteiger partial charge in [-0.25, -0.2) is 9.18 Å². The zero-order valence-electron chi connectivity index (χ0n) is 13.7. The van der Waals surface area contributed by atoms with E-state index in [-0.39, 0.29) is 12.1 Å². The van der Waals surface area contributed by atoms with Gasteiger partial charge in [-0.2, -0.15) is 0 Å². The van der Waals surface area contributed by atoms with Gasteiger partial charge in [-0.1, -0.05) is 42.0 Å². The van der Waals surface area contributed by atoms with Crippen molar-refractivity contribution < 1.29 is 9.18 Å². The number of benzene rings is 2. The smallest absolute Gasteiger partial charge is 0.319 e. The Labute approximate surface area is 141 Å². The van der Waals surface area contributed by atoms with E-state index in [4.69, 9.17) is 0 Å². The highest BCUT2D eigenvalue weighted by atomic mass is 19.1. The molecule has 2 aromatic carbocycles. The summed E-state index contributed by atoms with van der Waals surface area (Å²) in [5.74, 6) is 0. The normalized spacial score (nSPS) is 19.9. The fraction of sp³-hybridized carbons (Fsp3) is 0.316. The molecule has 24 heavy (non-hydrogen) atoms. The van der Waals surface area contributed by atoms with Gasteiger partial charge in [0.2, 0.25) is 0 Å². The molecule has 0 aliphatic carbocycles. The Morgan fingerprint density at radius 1 is 1.12 bits per heavy atom. The topological polar surface area (TPSA) is 53.2 Å². The van der Waals surface area contributed by atoms with Crippen molar-refractivity contribution in [2.45, 2.75) is 25.6 Å². The minimum Gasteiger partial charge on any atom is -0.336 e. The van der Waals surface area contributed by atoms with Gasteiger partial charge < -0.3 is 16.0 Å². The number of carbonyl (C=O) groups is 1. The van der Waals surface area contributed by atoms with Crippen LogP contribution in [0.15, 0.2) is 48.5 Å². The van der Waals surface area contributed by atoms with E-state index in [0.29, 0.717) is 19.5 Å². The van der Waals surface area contributed by atoms with Gasteiger partial charge in [-0.15, -0.1) is 0 Å². The summed E-state index contributed by atoms with van der Waals surface area (Å²) in [6.45, 7) is 2.85. The lowest BCUT2D eigenvalue weighted by Crippen LogP contribution is -2.39. The largest absolute Gasteiger partial charge is 0.336 e. The first-order valence-corrected chi connectivity index (χ1v) is 8.19. The predicted molar refractivity (Wildman–Crippen MR) is 94.9 cm³/mol. The molecule has 0 bridgehead atoms. The molecular weight excluding hydrogens is 305 g/mol. The summed E-state index contributed by atoms with van der Waals surface area (Å²) in [6.07, 6.45) is -0.361. The molecule has 3 rings (SSSR count). The van der Waals surface area contributed by atoms with E-state index in [0.717, 1.165) is 16.8 Å². The molecule has 1 saturated heterocycles. The molecule has 1 fully saturated rings. The summed E-state index contributed by atoms with van der Waals surface area (Å²) < 4.78 is 13.1. The zero-order valence-corrected chi connectivity index (χ0v) is 13.7. The highest BCUT2D eigenvalue weighted by molar-refractivity contribution is 5.89. The van der Waals surface area contributed by atoms with Crippen LogP contribution in [0.1, 0.15) is 12.0 Å². The third-order valence-electron chi connectivity index (χ3n) is 4.20. The number of hydrogen-bond donors (Lipinski definition) is 3. The van der Waals surface area contributed by atoms with Crippen LogP contribution in [0.3, 0.4) is 0 Å². The highest BCUT2D eigenvalue weighted by Crippen LogP contribution is 2.21. The van der Waals surface area contributed by atoms with Crippen LogP contribution in [-0.4, -0.2) is 31.3 Å². The van der Waals surface area contributed by atoms with Gasteiger partial charge in [-0.05, 0) is 36.6 Å². The van der Waals surface area contributed by atoms with E-state index < -0.39 is 6.17 Å². The molecule has 0 saturated carbocycles. The maximum Gasteiger partial charge on any atom is 0.319 e. The average molecular weight is 327 g/mol. The van der Waals surface area contributed by atoms with Crippen LogP contribution in [0.5, 0.6) is 0 Å². The molecule has 0 spiro atoms. The van der Waals surface area contributed by atoms with Crippen molar-refractivity contribution in [3.05, 3.63) is 54.1 Å². The summed E-state index contributed by atoms with van der Waals surface area (Å²) in [7, 11) is 0. The van der Waals surface area contributed by atoms with Crippen LogP contribution < -0.4 is 16.0 Å². The third-order valence-corrected chi connectivity index (χ3v) is 4.20. The first-order valence-electron chi connectivity index (χ1n) is 8.19. The molecule has 2 atom stereocenters. The lowest BCUT2D eigenvalue weighted by Gasteiger charge is -2.12. The number of nitrogens with one attached hydrogen (secondary N) is 3. The molecule has 3 N–H and O–H groups in total. The molecule has 0 unspecified atom stereocenters. The Morgan fingerprint density at radius 3 is 2.33 bits per heavy atom. The van der Waals surface area contributed by atoms with Gasteiger partial charge in [0.05, 0.1) is 0 Å². The number of urea groups is 1. The van der Waals surface area contributed by atoms with Gasteiger partial charge in [0.25, 0.3) is 0 Å². The maximum atomic E-state index is 13.1. The number of rotatable bonds is 4. The highest BCUT2D eigenvalue weighted by Gasteiger charge is 2.23. The predicted octanol–water partition coefficient (Wildman–Crippen LogP) is 3.48. The van der Waals surface area contributed by atoms with Crippen molar-refractivity contribution >= 4 is 11.7 Å². The number of anilines is 1. The summed E-state index contributed by atoms with van der Waals surface area (Å²) in [4.78, 5) is 11.9. The van der Waals surface area contributed by atoms with E-state index >= 15 is 0 Å². The number of halogens is 1. The zero-order chi connectivity index (χ0) is 16.9. The second-order valence-electron chi connectivity index (χ2n) is 6.22. The molecule has 0 radical (unpaired) electrons. The first-order chi connectivity index (χ1) is 11.6. The van der Waals surface area contributed by atoms with Crippen LogP contribution in [-0.2, 0) is 0 Å². The van der Waals surface area contributed by atoms with Crippen molar-refractivity contribution in [3.8, 4) is 11.1 Å². The van der Waals surface area contributed by atoms with Crippen molar-refractivity contribution in [1.82, 2.24) is 10.6 Å². The molecule has 5 heteroatoms. The number of carbonyl (C=O) groups excluding carboxylic acids is 1. The van der Waals surface area contributed by atoms with E-state index in [1.54, 1.807) is 0 Å². The van der Waals surface area contributed by atoms with Crippen LogP contribution in [0.2, 0.25) is 0 Å². The molecule has 2 aromatic rings. The molecule has 1 aliphatic heterocycles. The molecule has 0 aromatic heterocycles. The van der Waals surface area contributed by atoms with E-state index in [1.165, 1.54) is 5.56 Å². The summed E-state index contributed by atoms with van der Waals surface area (Å²) >= 11 is 0. The van der Waals surface area contributed by atoms with E-state index in [2.05, 4.69) is 47.1 Å². The van der Waals surface area contributed by atoms with Crippen LogP contribution >= 0.6 is 0 Å². The van der Waals surface area contributed by atoms with Gasteiger partial charge in [0.15, 0.2) is 0 Å². The summed E-state index contributed by atoms with van der Waals surface area (Å²) in [5, 5.41) is 8.60. The quantitative estimate of drug-likeness (QED) is 0.805. The maximum absolute atomic E-state index is 13.1. The van der Waals surface area contributed by atoms with Crippen molar-refractivity contribution in [1.29, 1.82) is 0 Å². The average Bonchev–Trinajstić information content (AvgIpc) is 3.00. The molecule has 4 nitrogen and oxygen atoms in total. The standard InChI is InChI=1S/C19H22FN3O/c1-13-2-4-14(5-3-13)15-6-8-17(9-7-15)23-19(24)22-12-18-10-16(20)11-21-18/h2-9,16,18,21H,10-12H2,1H3,(H2,22,23,24)/t16-,18-/m0/s1. The van der Waals surface area contributed by atoms with Crippen molar-refractivity contribution in [2.24, 2.45) is 0 Å². The Morgan fingerprint density at radius 2 is 1.75 bits per heavy atom. The monoisotopic (exact) mass is 327 g/mol. The molecule has 1 aliphatic rings. The van der Waals surface area contributed by atoms with E-state index in [1.807, 2.05) is 24.3 Å². The Kier molecular flexibility index (Phi) is 5.11. The van der Waals surface area contributed by atoms with Crippen LogP contribution in [0.4, 0.5) is 14.9 Å². The molecule has 126 valence electrons. The molecule has 1 heterocycles. The van der Waals surface area contributed by atoms with Gasteiger partial charge >= 0.3 is 6.03 Å². The number of hydrogen-bond acceptors (Lipinski definition) is 2. The molecule has 2 amide bonds. The minimum absolute atomic E-state index is 0.00895. The lowest BCUT2D eigenvalue weighted by atomic mass is 10.0. The van der Waals surface area contributed by atoms with Gasteiger partial charge in [0, 0.05) is 24.8 Å². The van der Waals surface area contributed by atoms with E-state index in [9.17, 15) is 9.18 Å². The minimum atomic E-state index is -0.811. The SMILES string of the molecule is Cc1ccc(-c2ccc(NC(=O)NC[C@@H]3C[C@H](F)CN3)cc2)cc1. The Hall–Kier alpha value is -2.40. The fourth-order valence-corrected chi connectivity index (χ4v) is 2.81. The number of alkyl halides is 1. The Balaban J connectivity index is 1.52. The first kappa shape index (κ1) is 16.5. The second-order valence-corrected chi connectivity index (χ2v) is 6.22. The van der Waals surface area contributed by atoms with Crippen molar-refractivity contribution in [2.75, 3.05) is 18.4 Å². The Bertz CT molecular complexity index is 685.